The molecule has 8 heteroatoms. The number of ether oxygens (including phenoxy) is 3. The van der Waals surface area contributed by atoms with Gasteiger partial charge in [0.1, 0.15) is 24.7 Å². The number of aryl methyl sites for hydroxylation is 2. The first-order valence-corrected chi connectivity index (χ1v) is 13.5. The fourth-order valence-electron chi connectivity index (χ4n) is 3.52. The molecule has 0 atom stereocenters. The maximum Gasteiger partial charge on any atom is 0.339 e. The number of halogens is 2. The van der Waals surface area contributed by atoms with Gasteiger partial charge in [-0.05, 0) is 92.2 Å². The third kappa shape index (κ3) is 8.70. The van der Waals surface area contributed by atoms with Gasteiger partial charge in [-0.2, -0.15) is 0 Å². The Morgan fingerprint density at radius 2 is 1.10 bits per heavy atom. The van der Waals surface area contributed by atoms with Crippen molar-refractivity contribution in [2.45, 2.75) is 27.1 Å². The van der Waals surface area contributed by atoms with Crippen LogP contribution < -0.4 is 9.47 Å². The van der Waals surface area contributed by atoms with Gasteiger partial charge in [0.25, 0.3) is 0 Å². The maximum atomic E-state index is 11.7. The molecule has 0 aliphatic carbocycles. The van der Waals surface area contributed by atoms with Crippen molar-refractivity contribution in [1.82, 2.24) is 0 Å². The first-order valence-electron chi connectivity index (χ1n) is 11.9. The molecular weight excluding hydrogens is 628 g/mol. The number of esters is 1. The zero-order valence-corrected chi connectivity index (χ0v) is 24.9. The van der Waals surface area contributed by atoms with Crippen LogP contribution in [-0.2, 0) is 18.0 Å². The van der Waals surface area contributed by atoms with Crippen molar-refractivity contribution >= 4 is 43.8 Å². The Labute approximate surface area is 244 Å². The minimum Gasteiger partial charge on any atom is -0.489 e. The predicted octanol–water partition coefficient (Wildman–Crippen LogP) is 8.16. The van der Waals surface area contributed by atoms with Crippen LogP contribution in [0.2, 0.25) is 0 Å². The van der Waals surface area contributed by atoms with E-state index in [4.69, 9.17) is 19.3 Å². The minimum absolute atomic E-state index is 0.202. The van der Waals surface area contributed by atoms with Gasteiger partial charge in [-0.15, -0.1) is 0 Å². The summed E-state index contributed by atoms with van der Waals surface area (Å²) in [4.78, 5) is 22.7. The third-order valence-corrected chi connectivity index (χ3v) is 6.95. The van der Waals surface area contributed by atoms with Gasteiger partial charge in [-0.3, -0.25) is 0 Å². The van der Waals surface area contributed by atoms with Crippen molar-refractivity contribution in [3.63, 3.8) is 0 Å². The summed E-state index contributed by atoms with van der Waals surface area (Å²) in [7, 11) is 1.36. The predicted molar refractivity (Wildman–Crippen MR) is 158 cm³/mol. The van der Waals surface area contributed by atoms with Crippen molar-refractivity contribution in [2.24, 2.45) is 0 Å². The van der Waals surface area contributed by atoms with E-state index in [-0.39, 0.29) is 11.5 Å². The SMILES string of the molecule is COC(=O)c1cc(OCc2ccccc2)c(C)cc1Br.Cc1cc(Br)c(C(=O)O)cc1OCc1ccccc1. The number of carboxylic acid groups (broad SMARTS) is 1. The van der Waals surface area contributed by atoms with Gasteiger partial charge in [-0.1, -0.05) is 60.7 Å². The van der Waals surface area contributed by atoms with Crippen molar-refractivity contribution in [2.75, 3.05) is 7.11 Å². The van der Waals surface area contributed by atoms with E-state index in [0.29, 0.717) is 39.2 Å². The molecule has 0 radical (unpaired) electrons. The van der Waals surface area contributed by atoms with Crippen LogP contribution in [0.3, 0.4) is 0 Å². The van der Waals surface area contributed by atoms with E-state index in [1.807, 2.05) is 80.6 Å². The zero-order valence-electron chi connectivity index (χ0n) is 21.7. The van der Waals surface area contributed by atoms with Crippen LogP contribution in [0.4, 0.5) is 0 Å². The van der Waals surface area contributed by atoms with Crippen LogP contribution in [0.1, 0.15) is 43.0 Å². The molecule has 4 aromatic rings. The van der Waals surface area contributed by atoms with Crippen LogP contribution in [0.25, 0.3) is 0 Å². The topological polar surface area (TPSA) is 82.1 Å². The number of methoxy groups -OCH3 is 1. The van der Waals surface area contributed by atoms with Crippen LogP contribution >= 0.6 is 31.9 Å². The summed E-state index contributed by atoms with van der Waals surface area (Å²) in [6.07, 6.45) is 0. The van der Waals surface area contributed by atoms with Gasteiger partial charge in [-0.25, -0.2) is 9.59 Å². The van der Waals surface area contributed by atoms with Crippen molar-refractivity contribution in [1.29, 1.82) is 0 Å². The van der Waals surface area contributed by atoms with Crippen molar-refractivity contribution in [3.8, 4) is 11.5 Å². The number of carboxylic acids is 1. The molecule has 0 heterocycles. The lowest BCUT2D eigenvalue weighted by molar-refractivity contribution is 0.0598. The number of rotatable bonds is 8. The molecule has 1 N–H and O–H groups in total. The summed E-state index contributed by atoms with van der Waals surface area (Å²) in [5.74, 6) is -0.0974. The molecule has 0 aliphatic heterocycles. The highest BCUT2D eigenvalue weighted by Crippen LogP contribution is 2.29. The van der Waals surface area contributed by atoms with E-state index in [1.54, 1.807) is 18.2 Å². The first-order chi connectivity index (χ1) is 18.7. The Kier molecular flexibility index (Phi) is 11.1. The minimum atomic E-state index is -0.976. The fourth-order valence-corrected chi connectivity index (χ4v) is 4.76. The average molecular weight is 656 g/mol. The molecule has 202 valence electrons. The Morgan fingerprint density at radius 1 is 0.692 bits per heavy atom. The van der Waals surface area contributed by atoms with E-state index >= 15 is 0 Å². The zero-order chi connectivity index (χ0) is 28.4. The van der Waals surface area contributed by atoms with Crippen molar-refractivity contribution in [3.05, 3.63) is 127 Å². The molecule has 39 heavy (non-hydrogen) atoms. The molecule has 0 saturated carbocycles. The molecule has 0 bridgehead atoms. The maximum absolute atomic E-state index is 11.7. The quantitative estimate of drug-likeness (QED) is 0.193. The Hall–Kier alpha value is -3.62. The lowest BCUT2D eigenvalue weighted by atomic mass is 10.1. The highest BCUT2D eigenvalue weighted by atomic mass is 79.9. The molecule has 0 spiro atoms. The summed E-state index contributed by atoms with van der Waals surface area (Å²) in [6, 6.07) is 26.5. The van der Waals surface area contributed by atoms with Gasteiger partial charge in [0.2, 0.25) is 0 Å². The largest absolute Gasteiger partial charge is 0.489 e. The molecule has 0 saturated heterocycles. The molecule has 0 fully saturated rings. The molecule has 0 aromatic heterocycles. The average Bonchev–Trinajstić information content (AvgIpc) is 2.93. The molecule has 0 aliphatic rings. The number of hydrogen-bond donors (Lipinski definition) is 1. The van der Waals surface area contributed by atoms with E-state index in [0.717, 1.165) is 22.3 Å². The van der Waals surface area contributed by atoms with Crippen molar-refractivity contribution < 1.29 is 28.9 Å². The van der Waals surface area contributed by atoms with Crippen LogP contribution in [0.15, 0.2) is 93.9 Å². The van der Waals surface area contributed by atoms with Gasteiger partial charge >= 0.3 is 11.9 Å². The van der Waals surface area contributed by atoms with Crippen LogP contribution in [-0.4, -0.2) is 24.2 Å². The second-order valence-electron chi connectivity index (χ2n) is 8.54. The van der Waals surface area contributed by atoms with Gasteiger partial charge in [0.15, 0.2) is 0 Å². The fraction of sp³-hybridized carbons (Fsp3) is 0.161. The van der Waals surface area contributed by atoms with E-state index < -0.39 is 5.97 Å². The lowest BCUT2D eigenvalue weighted by Gasteiger charge is -2.12. The lowest BCUT2D eigenvalue weighted by Crippen LogP contribution is -2.04. The number of carbonyl (C=O) groups excluding carboxylic acids is 1. The molecular formula is C31H28Br2O6. The molecule has 4 aromatic carbocycles. The monoisotopic (exact) mass is 654 g/mol. The normalized spacial score (nSPS) is 10.2. The van der Waals surface area contributed by atoms with Gasteiger partial charge < -0.3 is 19.3 Å². The highest BCUT2D eigenvalue weighted by Gasteiger charge is 2.14. The second kappa shape index (κ2) is 14.5. The number of benzene rings is 4. The standard InChI is InChI=1S/C16H15BrO3.C15H13BrO3/c1-11-8-14(17)13(16(18)19-2)9-15(11)20-10-12-6-4-3-5-7-12;1-10-7-13(16)12(15(17)18)8-14(10)19-9-11-5-3-2-4-6-11/h3-9H,10H2,1-2H3;2-8H,9H2,1H3,(H,17,18). The smallest absolute Gasteiger partial charge is 0.339 e. The van der Waals surface area contributed by atoms with Gasteiger partial charge in [0.05, 0.1) is 18.2 Å². The summed E-state index contributed by atoms with van der Waals surface area (Å²) >= 11 is 6.60. The Balaban J connectivity index is 0.000000216. The Morgan fingerprint density at radius 3 is 1.51 bits per heavy atom. The molecule has 0 amide bonds. The Bertz CT molecular complexity index is 1420. The summed E-state index contributed by atoms with van der Waals surface area (Å²) in [5.41, 5.74) is 4.64. The second-order valence-corrected chi connectivity index (χ2v) is 10.2. The summed E-state index contributed by atoms with van der Waals surface area (Å²) in [5, 5.41) is 9.08. The number of aromatic carboxylic acids is 1. The number of hydrogen-bond acceptors (Lipinski definition) is 5. The first kappa shape index (κ1) is 29.9. The highest BCUT2D eigenvalue weighted by molar-refractivity contribution is 9.10. The van der Waals surface area contributed by atoms with E-state index in [2.05, 4.69) is 31.9 Å². The van der Waals surface area contributed by atoms with Crippen LogP contribution in [0.5, 0.6) is 11.5 Å². The molecule has 6 nitrogen and oxygen atoms in total. The third-order valence-electron chi connectivity index (χ3n) is 5.64. The van der Waals surface area contributed by atoms with Gasteiger partial charge in [0, 0.05) is 8.95 Å². The summed E-state index contributed by atoms with van der Waals surface area (Å²) in [6.45, 7) is 4.70. The summed E-state index contributed by atoms with van der Waals surface area (Å²) < 4.78 is 17.5. The van der Waals surface area contributed by atoms with E-state index in [1.165, 1.54) is 7.11 Å². The van der Waals surface area contributed by atoms with E-state index in [9.17, 15) is 9.59 Å². The number of carbonyl (C=O) groups is 2. The van der Waals surface area contributed by atoms with Crippen LogP contribution in [0, 0.1) is 13.8 Å². The molecule has 0 unspecified atom stereocenters. The molecule has 4 rings (SSSR count).